The Labute approximate surface area is 220 Å². The molecule has 6 nitrogen and oxygen atoms in total. The summed E-state index contributed by atoms with van der Waals surface area (Å²) in [5.74, 6) is -2.16. The van der Waals surface area contributed by atoms with Crippen LogP contribution in [0.15, 0.2) is 77.4 Å². The summed E-state index contributed by atoms with van der Waals surface area (Å²) >= 11 is 3.47. The molecule has 0 aliphatic heterocycles. The van der Waals surface area contributed by atoms with Crippen molar-refractivity contribution in [3.63, 3.8) is 0 Å². The van der Waals surface area contributed by atoms with E-state index in [0.29, 0.717) is 23.5 Å². The Morgan fingerprint density at radius 1 is 1.03 bits per heavy atom. The molecule has 2 N–H and O–H groups in total. The Morgan fingerprint density at radius 2 is 1.84 bits per heavy atom. The number of halogens is 3. The maximum atomic E-state index is 14.1. The Morgan fingerprint density at radius 3 is 2.57 bits per heavy atom. The topological polar surface area (TPSA) is 80.6 Å². The molecule has 0 unspecified atom stereocenters. The number of carbonyl (C=O) groups is 2. The predicted octanol–water partition coefficient (Wildman–Crippen LogP) is 6.73. The van der Waals surface area contributed by atoms with Crippen molar-refractivity contribution in [1.82, 2.24) is 4.57 Å². The van der Waals surface area contributed by atoms with Crippen LogP contribution < -0.4 is 10.1 Å². The summed E-state index contributed by atoms with van der Waals surface area (Å²) in [5.41, 5.74) is 2.84. The van der Waals surface area contributed by atoms with Crippen LogP contribution in [0.25, 0.3) is 5.69 Å². The number of benzene rings is 3. The summed E-state index contributed by atoms with van der Waals surface area (Å²) in [6.45, 7) is 1.63. The molecule has 1 amide bonds. The van der Waals surface area contributed by atoms with Gasteiger partial charge >= 0.3 is 5.97 Å². The minimum absolute atomic E-state index is 0.0383. The van der Waals surface area contributed by atoms with Gasteiger partial charge in [0.2, 0.25) is 5.91 Å². The van der Waals surface area contributed by atoms with Gasteiger partial charge in [-0.3, -0.25) is 4.79 Å². The van der Waals surface area contributed by atoms with Gasteiger partial charge in [-0.25, -0.2) is 13.6 Å². The second-order valence-corrected chi connectivity index (χ2v) is 9.21. The van der Waals surface area contributed by atoms with Crippen LogP contribution in [-0.4, -0.2) is 21.6 Å². The molecule has 190 valence electrons. The van der Waals surface area contributed by atoms with Crippen molar-refractivity contribution in [2.45, 2.75) is 26.4 Å². The van der Waals surface area contributed by atoms with Crippen molar-refractivity contribution >= 4 is 33.5 Å². The lowest BCUT2D eigenvalue weighted by atomic mass is 10.1. The number of amides is 1. The first-order valence-corrected chi connectivity index (χ1v) is 12.2. The van der Waals surface area contributed by atoms with E-state index in [1.54, 1.807) is 31.3 Å². The minimum atomic E-state index is -1.11. The molecule has 0 aliphatic carbocycles. The summed E-state index contributed by atoms with van der Waals surface area (Å²) in [6.07, 6.45) is 2.46. The number of carboxylic acid groups (broad SMARTS) is 1. The monoisotopic (exact) mass is 568 g/mol. The first kappa shape index (κ1) is 26.1. The van der Waals surface area contributed by atoms with Crippen molar-refractivity contribution in [2.24, 2.45) is 0 Å². The Balaban J connectivity index is 1.64. The van der Waals surface area contributed by atoms with E-state index >= 15 is 0 Å². The fraction of sp³-hybridized carbons (Fsp3) is 0.143. The maximum absolute atomic E-state index is 14.1. The number of anilines is 1. The highest BCUT2D eigenvalue weighted by Crippen LogP contribution is 2.29. The largest absolute Gasteiger partial charge is 0.489 e. The van der Waals surface area contributed by atoms with E-state index in [9.17, 15) is 23.5 Å². The van der Waals surface area contributed by atoms with Crippen LogP contribution in [0.4, 0.5) is 14.5 Å². The van der Waals surface area contributed by atoms with E-state index in [4.69, 9.17) is 4.74 Å². The molecule has 1 aromatic heterocycles. The molecule has 9 heteroatoms. The molecule has 0 saturated carbocycles. The zero-order valence-electron chi connectivity index (χ0n) is 19.8. The molecule has 4 rings (SSSR count). The second-order valence-electron chi connectivity index (χ2n) is 8.30. The minimum Gasteiger partial charge on any atom is -0.489 e. The highest BCUT2D eigenvalue weighted by molar-refractivity contribution is 9.10. The normalized spacial score (nSPS) is 10.8. The third kappa shape index (κ3) is 6.42. The number of carbonyl (C=O) groups excluding carboxylic acids is 1. The van der Waals surface area contributed by atoms with Crippen LogP contribution in [0.1, 0.15) is 40.5 Å². The SMILES string of the molecule is CCC(=O)Nc1cc(C(=O)O)cc(-n2cccc2Cc2cc(Br)ccc2OCc2ccc(F)cc2F)c1. The fourth-order valence-corrected chi connectivity index (χ4v) is 4.23. The molecule has 0 spiro atoms. The van der Waals surface area contributed by atoms with Crippen LogP contribution in [0.5, 0.6) is 5.75 Å². The molecule has 0 radical (unpaired) electrons. The van der Waals surface area contributed by atoms with Crippen molar-refractivity contribution in [3.8, 4) is 11.4 Å². The quantitative estimate of drug-likeness (QED) is 0.234. The lowest BCUT2D eigenvalue weighted by molar-refractivity contribution is -0.115. The molecule has 0 aliphatic rings. The fourth-order valence-electron chi connectivity index (χ4n) is 3.82. The molecule has 0 atom stereocenters. The van der Waals surface area contributed by atoms with E-state index < -0.39 is 17.6 Å². The number of nitrogens with one attached hydrogen (secondary N) is 1. The predicted molar refractivity (Wildman–Crippen MR) is 139 cm³/mol. The average Bonchev–Trinajstić information content (AvgIpc) is 3.32. The molecule has 37 heavy (non-hydrogen) atoms. The number of ether oxygens (including phenoxy) is 1. The van der Waals surface area contributed by atoms with Gasteiger partial charge in [0.25, 0.3) is 0 Å². The third-order valence-electron chi connectivity index (χ3n) is 5.67. The number of rotatable bonds is 9. The lowest BCUT2D eigenvalue weighted by Crippen LogP contribution is -2.11. The smallest absolute Gasteiger partial charge is 0.335 e. The van der Waals surface area contributed by atoms with E-state index in [0.717, 1.165) is 21.8 Å². The molecular weight excluding hydrogens is 546 g/mol. The molecular formula is C28H23BrF2N2O4. The number of aromatic nitrogens is 1. The Hall–Kier alpha value is -3.98. The van der Waals surface area contributed by atoms with E-state index in [1.807, 2.05) is 22.8 Å². The van der Waals surface area contributed by atoms with Crippen LogP contribution >= 0.6 is 15.9 Å². The number of nitrogens with zero attached hydrogens (tertiary/aromatic N) is 1. The average molecular weight is 569 g/mol. The molecule has 3 aromatic carbocycles. The van der Waals surface area contributed by atoms with E-state index in [1.165, 1.54) is 24.3 Å². The third-order valence-corrected chi connectivity index (χ3v) is 6.17. The summed E-state index contributed by atoms with van der Waals surface area (Å²) in [7, 11) is 0. The summed E-state index contributed by atoms with van der Waals surface area (Å²) in [4.78, 5) is 23.6. The number of hydrogen-bond donors (Lipinski definition) is 2. The molecule has 0 saturated heterocycles. The summed E-state index contributed by atoms with van der Waals surface area (Å²) < 4.78 is 35.9. The Bertz CT molecular complexity index is 1470. The zero-order chi connectivity index (χ0) is 26.5. The van der Waals surface area contributed by atoms with Crippen molar-refractivity contribution in [3.05, 3.63) is 111 Å². The maximum Gasteiger partial charge on any atom is 0.335 e. The number of carboxylic acids is 1. The first-order valence-electron chi connectivity index (χ1n) is 11.4. The summed E-state index contributed by atoms with van der Waals surface area (Å²) in [6, 6.07) is 17.2. The first-order chi connectivity index (χ1) is 17.7. The van der Waals surface area contributed by atoms with Gasteiger partial charge in [-0.2, -0.15) is 0 Å². The number of hydrogen-bond acceptors (Lipinski definition) is 3. The van der Waals surface area contributed by atoms with Crippen LogP contribution in [0, 0.1) is 11.6 Å². The van der Waals surface area contributed by atoms with Crippen molar-refractivity contribution in [1.29, 1.82) is 0 Å². The molecule has 1 heterocycles. The van der Waals surface area contributed by atoms with Crippen LogP contribution in [0.3, 0.4) is 0 Å². The van der Waals surface area contributed by atoms with Gasteiger partial charge in [-0.1, -0.05) is 22.9 Å². The van der Waals surface area contributed by atoms with E-state index in [2.05, 4.69) is 21.2 Å². The number of aromatic carboxylic acids is 1. The molecule has 0 bridgehead atoms. The zero-order valence-corrected chi connectivity index (χ0v) is 21.4. The van der Waals surface area contributed by atoms with Gasteiger partial charge in [0.05, 0.1) is 5.56 Å². The van der Waals surface area contributed by atoms with Gasteiger partial charge in [-0.05, 0) is 60.7 Å². The van der Waals surface area contributed by atoms with Crippen LogP contribution in [-0.2, 0) is 17.8 Å². The van der Waals surface area contributed by atoms with Gasteiger partial charge in [0, 0.05) is 57.8 Å². The summed E-state index contributed by atoms with van der Waals surface area (Å²) in [5, 5.41) is 12.3. The highest BCUT2D eigenvalue weighted by atomic mass is 79.9. The molecule has 4 aromatic rings. The lowest BCUT2D eigenvalue weighted by Gasteiger charge is -2.16. The van der Waals surface area contributed by atoms with Crippen molar-refractivity contribution in [2.75, 3.05) is 5.32 Å². The highest BCUT2D eigenvalue weighted by Gasteiger charge is 2.14. The van der Waals surface area contributed by atoms with Gasteiger partial charge < -0.3 is 19.7 Å². The Kier molecular flexibility index (Phi) is 8.03. The standard InChI is InChI=1S/C28H23BrF2N2O4/c1-2-27(34)32-22-11-19(28(35)36)13-24(15-22)33-9-3-4-23(33)12-18-10-20(29)6-8-26(18)37-16-17-5-7-21(30)14-25(17)31/h3-11,13-15H,2,12,16H2,1H3,(H,32,34)(H,35,36). The van der Waals surface area contributed by atoms with Crippen LogP contribution in [0.2, 0.25) is 0 Å². The van der Waals surface area contributed by atoms with E-state index in [-0.39, 0.29) is 30.1 Å². The van der Waals surface area contributed by atoms with Gasteiger partial charge in [-0.15, -0.1) is 0 Å². The molecule has 0 fully saturated rings. The van der Waals surface area contributed by atoms with Crippen molar-refractivity contribution < 1.29 is 28.2 Å². The second kappa shape index (κ2) is 11.4. The van der Waals surface area contributed by atoms with Gasteiger partial charge in [0.15, 0.2) is 0 Å². The van der Waals surface area contributed by atoms with Gasteiger partial charge in [0.1, 0.15) is 24.0 Å².